The van der Waals surface area contributed by atoms with Gasteiger partial charge in [0.15, 0.2) is 0 Å². The fourth-order valence-corrected chi connectivity index (χ4v) is 4.91. The molecule has 2 heterocycles. The average molecular weight is 491 g/mol. The van der Waals surface area contributed by atoms with Gasteiger partial charge in [-0.15, -0.1) is 0 Å². The van der Waals surface area contributed by atoms with Crippen molar-refractivity contribution in [2.24, 2.45) is 5.92 Å². The van der Waals surface area contributed by atoms with Crippen LogP contribution in [-0.2, 0) is 22.2 Å². The van der Waals surface area contributed by atoms with Crippen LogP contribution in [0.3, 0.4) is 0 Å². The highest BCUT2D eigenvalue weighted by Gasteiger charge is 2.36. The van der Waals surface area contributed by atoms with Crippen molar-refractivity contribution in [1.29, 1.82) is 0 Å². The molecule has 0 saturated carbocycles. The highest BCUT2D eigenvalue weighted by atomic mass is 35.5. The first-order valence-corrected chi connectivity index (χ1v) is 11.4. The molecule has 1 amide bonds. The number of nitrogen functional groups attached to an aromatic ring is 1. The average Bonchev–Trinajstić information content (AvgIpc) is 2.74. The number of halogens is 4. The van der Waals surface area contributed by atoms with Crippen molar-refractivity contribution in [3.63, 3.8) is 0 Å². The van der Waals surface area contributed by atoms with E-state index in [1.165, 1.54) is 6.07 Å². The smallest absolute Gasteiger partial charge is 0.418 e. The number of piperazine rings is 1. The van der Waals surface area contributed by atoms with E-state index in [2.05, 4.69) is 16.8 Å². The summed E-state index contributed by atoms with van der Waals surface area (Å²) in [6.45, 7) is 4.98. The molecule has 0 spiro atoms. The zero-order chi connectivity index (χ0) is 24.3. The highest BCUT2D eigenvalue weighted by Crippen LogP contribution is 2.38. The second kappa shape index (κ2) is 10.5. The number of nitrogens with two attached hydrogens (primary N) is 1. The van der Waals surface area contributed by atoms with Crippen LogP contribution in [0, 0.1) is 5.92 Å². The van der Waals surface area contributed by atoms with Gasteiger partial charge in [-0.2, -0.15) is 13.2 Å². The number of carboxylic acid groups (broad SMARTS) is 1. The van der Waals surface area contributed by atoms with E-state index >= 15 is 0 Å². The third-order valence-electron chi connectivity index (χ3n) is 6.58. The Morgan fingerprint density at radius 1 is 1.15 bits per heavy atom. The van der Waals surface area contributed by atoms with Gasteiger partial charge in [0.2, 0.25) is 5.91 Å². The Hall–Kier alpha value is -2.04. The fraction of sp³-hybridized carbons (Fsp3) is 0.636. The van der Waals surface area contributed by atoms with Gasteiger partial charge in [-0.3, -0.25) is 14.5 Å². The van der Waals surface area contributed by atoms with Gasteiger partial charge in [-0.05, 0) is 44.0 Å². The van der Waals surface area contributed by atoms with E-state index in [-0.39, 0.29) is 22.9 Å². The van der Waals surface area contributed by atoms with Crippen molar-refractivity contribution in [3.05, 3.63) is 28.3 Å². The Balaban J connectivity index is 1.69. The molecule has 33 heavy (non-hydrogen) atoms. The summed E-state index contributed by atoms with van der Waals surface area (Å²) in [6, 6.07) is 2.50. The number of alkyl halides is 3. The molecule has 1 unspecified atom stereocenters. The van der Waals surface area contributed by atoms with E-state index in [1.54, 1.807) is 4.90 Å². The molecule has 1 atom stereocenters. The monoisotopic (exact) mass is 490 g/mol. The number of likely N-dealkylation sites (N-methyl/N-ethyl adjacent to an activating group) is 1. The van der Waals surface area contributed by atoms with Crippen molar-refractivity contribution in [2.75, 3.05) is 52.0 Å². The molecule has 2 fully saturated rings. The van der Waals surface area contributed by atoms with Crippen molar-refractivity contribution >= 4 is 29.2 Å². The predicted molar refractivity (Wildman–Crippen MR) is 119 cm³/mol. The number of aliphatic carboxylic acids is 1. The number of likely N-dealkylation sites (tertiary alicyclic amines) is 1. The molecule has 0 radical (unpaired) electrons. The normalized spacial score (nSPS) is 20.1. The molecule has 2 aliphatic rings. The van der Waals surface area contributed by atoms with Gasteiger partial charge in [0, 0.05) is 45.3 Å². The SMILES string of the molecule is CN1CCN(C2CCN(C(=O)C(CC(=O)O)Cc3cc(Cl)c(N)c(C(F)(F)F)c3)CC2)CC1. The minimum atomic E-state index is -4.71. The number of anilines is 1. The third-order valence-corrected chi connectivity index (χ3v) is 6.89. The topological polar surface area (TPSA) is 90.1 Å². The molecule has 184 valence electrons. The number of amides is 1. The quantitative estimate of drug-likeness (QED) is 0.596. The number of rotatable bonds is 6. The van der Waals surface area contributed by atoms with E-state index in [4.69, 9.17) is 17.3 Å². The van der Waals surface area contributed by atoms with Gasteiger partial charge in [0.25, 0.3) is 0 Å². The van der Waals surface area contributed by atoms with Crippen LogP contribution < -0.4 is 5.73 Å². The Labute approximate surface area is 196 Å². The van der Waals surface area contributed by atoms with Gasteiger partial charge in [0.05, 0.1) is 28.6 Å². The second-order valence-corrected chi connectivity index (χ2v) is 9.34. The fourth-order valence-electron chi connectivity index (χ4n) is 4.67. The summed E-state index contributed by atoms with van der Waals surface area (Å²) >= 11 is 5.90. The molecule has 2 aliphatic heterocycles. The van der Waals surface area contributed by atoms with Gasteiger partial charge in [-0.25, -0.2) is 0 Å². The zero-order valence-electron chi connectivity index (χ0n) is 18.6. The minimum absolute atomic E-state index is 0.133. The lowest BCUT2D eigenvalue weighted by Crippen LogP contribution is -2.53. The molecule has 7 nitrogen and oxygen atoms in total. The summed E-state index contributed by atoms with van der Waals surface area (Å²) in [5.74, 6) is -2.52. The Kier molecular flexibility index (Phi) is 8.13. The van der Waals surface area contributed by atoms with Crippen LogP contribution in [-0.4, -0.2) is 84.0 Å². The molecular weight excluding hydrogens is 461 g/mol. The van der Waals surface area contributed by atoms with Crippen LogP contribution in [0.4, 0.5) is 18.9 Å². The first kappa shape index (κ1) is 25.6. The summed E-state index contributed by atoms with van der Waals surface area (Å²) in [5.41, 5.74) is 3.95. The summed E-state index contributed by atoms with van der Waals surface area (Å²) in [5, 5.41) is 9.05. The van der Waals surface area contributed by atoms with Gasteiger partial charge >= 0.3 is 12.1 Å². The first-order chi connectivity index (χ1) is 15.5. The molecule has 0 bridgehead atoms. The maximum atomic E-state index is 13.3. The second-order valence-electron chi connectivity index (χ2n) is 8.93. The van der Waals surface area contributed by atoms with Crippen LogP contribution in [0.15, 0.2) is 12.1 Å². The predicted octanol–water partition coefficient (Wildman–Crippen LogP) is 2.81. The van der Waals surface area contributed by atoms with Crippen molar-refractivity contribution < 1.29 is 27.9 Å². The molecule has 2 saturated heterocycles. The van der Waals surface area contributed by atoms with Crippen LogP contribution in [0.2, 0.25) is 5.02 Å². The number of hydrogen-bond donors (Lipinski definition) is 2. The molecular formula is C22H30ClF3N4O3. The molecule has 11 heteroatoms. The molecule has 1 aromatic carbocycles. The number of carbonyl (C=O) groups is 2. The van der Waals surface area contributed by atoms with Crippen LogP contribution in [0.25, 0.3) is 0 Å². The lowest BCUT2D eigenvalue weighted by molar-refractivity contribution is -0.145. The molecule has 0 aromatic heterocycles. The standard InChI is InChI=1S/C22H30ClF3N4O3/c1-28-6-8-29(9-7-28)16-2-4-30(5-3-16)21(33)15(13-19(31)32)10-14-11-17(22(24,25)26)20(27)18(23)12-14/h11-12,15-16H,2-10,13,27H2,1H3,(H,31,32). The van der Waals surface area contributed by atoms with E-state index in [0.717, 1.165) is 45.1 Å². The summed E-state index contributed by atoms with van der Waals surface area (Å²) in [4.78, 5) is 30.9. The number of carboxylic acids is 1. The Morgan fingerprint density at radius 3 is 2.30 bits per heavy atom. The van der Waals surface area contributed by atoms with Crippen molar-refractivity contribution in [3.8, 4) is 0 Å². The number of hydrogen-bond acceptors (Lipinski definition) is 5. The Bertz CT molecular complexity index is 867. The lowest BCUT2D eigenvalue weighted by Gasteiger charge is -2.42. The number of piperidine rings is 1. The zero-order valence-corrected chi connectivity index (χ0v) is 19.3. The minimum Gasteiger partial charge on any atom is -0.481 e. The molecule has 3 rings (SSSR count). The lowest BCUT2D eigenvalue weighted by atomic mass is 9.92. The summed E-state index contributed by atoms with van der Waals surface area (Å²) in [7, 11) is 2.09. The number of benzene rings is 1. The van der Waals surface area contributed by atoms with E-state index in [0.29, 0.717) is 19.1 Å². The maximum absolute atomic E-state index is 13.3. The van der Waals surface area contributed by atoms with Crippen LogP contribution >= 0.6 is 11.6 Å². The van der Waals surface area contributed by atoms with Gasteiger partial charge < -0.3 is 20.6 Å². The molecule has 1 aromatic rings. The number of carbonyl (C=O) groups excluding carboxylic acids is 1. The largest absolute Gasteiger partial charge is 0.481 e. The molecule has 0 aliphatic carbocycles. The van der Waals surface area contributed by atoms with E-state index < -0.39 is 35.7 Å². The first-order valence-electron chi connectivity index (χ1n) is 11.0. The molecule has 3 N–H and O–H groups in total. The number of nitrogens with zero attached hydrogens (tertiary/aromatic N) is 3. The van der Waals surface area contributed by atoms with Crippen molar-refractivity contribution in [1.82, 2.24) is 14.7 Å². The van der Waals surface area contributed by atoms with Crippen molar-refractivity contribution in [2.45, 2.75) is 37.9 Å². The van der Waals surface area contributed by atoms with Crippen LogP contribution in [0.1, 0.15) is 30.4 Å². The summed E-state index contributed by atoms with van der Waals surface area (Å²) < 4.78 is 39.9. The van der Waals surface area contributed by atoms with E-state index in [1.807, 2.05) is 0 Å². The van der Waals surface area contributed by atoms with Gasteiger partial charge in [0.1, 0.15) is 0 Å². The summed E-state index contributed by atoms with van der Waals surface area (Å²) in [6.07, 6.45) is -3.75. The Morgan fingerprint density at radius 2 is 1.76 bits per heavy atom. The highest BCUT2D eigenvalue weighted by molar-refractivity contribution is 6.33. The van der Waals surface area contributed by atoms with Crippen LogP contribution in [0.5, 0.6) is 0 Å². The van der Waals surface area contributed by atoms with E-state index in [9.17, 15) is 27.9 Å². The maximum Gasteiger partial charge on any atom is 0.418 e. The third kappa shape index (κ3) is 6.51. The van der Waals surface area contributed by atoms with Gasteiger partial charge in [-0.1, -0.05) is 11.6 Å².